The highest BCUT2D eigenvalue weighted by Gasteiger charge is 2.19. The minimum atomic E-state index is -0.900. The second-order valence-corrected chi connectivity index (χ2v) is 7.94. The Morgan fingerprint density at radius 1 is 1.24 bits per heavy atom. The van der Waals surface area contributed by atoms with Gasteiger partial charge in [0.15, 0.2) is 0 Å². The van der Waals surface area contributed by atoms with Gasteiger partial charge in [-0.25, -0.2) is 9.78 Å². The first-order valence-electron chi connectivity index (χ1n) is 8.95. The zero-order chi connectivity index (χ0) is 17.2. The van der Waals surface area contributed by atoms with Crippen LogP contribution in [0.4, 0.5) is 0 Å². The van der Waals surface area contributed by atoms with Crippen molar-refractivity contribution in [2.45, 2.75) is 45.1 Å². The maximum Gasteiger partial charge on any atom is 0.335 e. The molecule has 3 aromatic rings. The summed E-state index contributed by atoms with van der Waals surface area (Å²) >= 11 is 1.74. The van der Waals surface area contributed by atoms with Crippen molar-refractivity contribution >= 4 is 28.3 Å². The third kappa shape index (κ3) is 3.47. The fourth-order valence-electron chi connectivity index (χ4n) is 3.85. The van der Waals surface area contributed by atoms with Gasteiger partial charge in [0.05, 0.1) is 16.6 Å². The molecule has 1 fully saturated rings. The molecule has 4 nitrogen and oxygen atoms in total. The third-order valence-corrected chi connectivity index (χ3v) is 6.03. The normalized spacial score (nSPS) is 15.7. The van der Waals surface area contributed by atoms with E-state index >= 15 is 0 Å². The number of rotatable bonds is 5. The van der Waals surface area contributed by atoms with E-state index in [-0.39, 0.29) is 0 Å². The Kier molecular flexibility index (Phi) is 4.57. The standard InChI is InChI=1S/C20H22N2O2S/c23-20(24)15-8-9-18-17(11-15)21-19(12-16-7-4-10-25-16)22(18)13-14-5-2-1-3-6-14/h4,7-11,14H,1-3,5-6,12-13H2,(H,23,24). The molecule has 0 radical (unpaired) electrons. The van der Waals surface area contributed by atoms with E-state index in [1.165, 1.54) is 37.0 Å². The highest BCUT2D eigenvalue weighted by atomic mass is 32.1. The van der Waals surface area contributed by atoms with Crippen molar-refractivity contribution in [1.29, 1.82) is 0 Å². The molecule has 2 heterocycles. The first kappa shape index (κ1) is 16.3. The second kappa shape index (κ2) is 7.00. The van der Waals surface area contributed by atoms with Gasteiger partial charge in [0.25, 0.3) is 0 Å². The monoisotopic (exact) mass is 354 g/mol. The van der Waals surface area contributed by atoms with Crippen molar-refractivity contribution in [1.82, 2.24) is 9.55 Å². The molecule has 1 N–H and O–H groups in total. The summed E-state index contributed by atoms with van der Waals surface area (Å²) in [5.41, 5.74) is 2.15. The molecule has 0 bridgehead atoms. The quantitative estimate of drug-likeness (QED) is 0.704. The van der Waals surface area contributed by atoms with Gasteiger partial charge in [-0.15, -0.1) is 11.3 Å². The third-order valence-electron chi connectivity index (χ3n) is 5.15. The minimum absolute atomic E-state index is 0.303. The van der Waals surface area contributed by atoms with Gasteiger partial charge in [-0.2, -0.15) is 0 Å². The van der Waals surface area contributed by atoms with Crippen molar-refractivity contribution in [3.8, 4) is 0 Å². The summed E-state index contributed by atoms with van der Waals surface area (Å²) in [4.78, 5) is 17.4. The van der Waals surface area contributed by atoms with E-state index in [2.05, 4.69) is 22.1 Å². The van der Waals surface area contributed by atoms with E-state index in [1.54, 1.807) is 23.5 Å². The summed E-state index contributed by atoms with van der Waals surface area (Å²) in [6.07, 6.45) is 7.37. The predicted octanol–water partition coefficient (Wildman–Crippen LogP) is 4.97. The second-order valence-electron chi connectivity index (χ2n) is 6.91. The number of nitrogens with zero attached hydrogens (tertiary/aromatic N) is 2. The number of thiophene rings is 1. The van der Waals surface area contributed by atoms with Gasteiger partial charge in [0.2, 0.25) is 0 Å². The molecule has 0 amide bonds. The predicted molar refractivity (Wildman–Crippen MR) is 100 cm³/mol. The highest BCUT2D eigenvalue weighted by molar-refractivity contribution is 7.09. The van der Waals surface area contributed by atoms with E-state index in [0.29, 0.717) is 11.5 Å². The number of aromatic nitrogens is 2. The van der Waals surface area contributed by atoms with Crippen LogP contribution in [0.3, 0.4) is 0 Å². The number of hydrogen-bond donors (Lipinski definition) is 1. The fraction of sp³-hybridized carbons (Fsp3) is 0.400. The Morgan fingerprint density at radius 3 is 2.80 bits per heavy atom. The average Bonchev–Trinajstić information content (AvgIpc) is 3.24. The zero-order valence-corrected chi connectivity index (χ0v) is 15.0. The molecule has 1 aromatic carbocycles. The van der Waals surface area contributed by atoms with Crippen LogP contribution >= 0.6 is 11.3 Å². The van der Waals surface area contributed by atoms with Crippen LogP contribution in [0.5, 0.6) is 0 Å². The van der Waals surface area contributed by atoms with Crippen LogP contribution in [0.25, 0.3) is 11.0 Å². The molecule has 0 aliphatic heterocycles. The summed E-state index contributed by atoms with van der Waals surface area (Å²) in [6, 6.07) is 9.52. The van der Waals surface area contributed by atoms with Gasteiger partial charge in [-0.3, -0.25) is 0 Å². The van der Waals surface area contributed by atoms with Crippen LogP contribution in [0.15, 0.2) is 35.7 Å². The lowest BCUT2D eigenvalue weighted by molar-refractivity contribution is 0.0697. The van der Waals surface area contributed by atoms with Crippen LogP contribution in [0.1, 0.15) is 53.2 Å². The van der Waals surface area contributed by atoms with E-state index in [4.69, 9.17) is 4.98 Å². The Bertz CT molecular complexity index is 877. The molecule has 5 heteroatoms. The van der Waals surface area contributed by atoms with Crippen LogP contribution in [-0.2, 0) is 13.0 Å². The lowest BCUT2D eigenvalue weighted by Gasteiger charge is -2.23. The van der Waals surface area contributed by atoms with Gasteiger partial charge in [0, 0.05) is 17.8 Å². The molecule has 25 heavy (non-hydrogen) atoms. The van der Waals surface area contributed by atoms with E-state index in [9.17, 15) is 9.90 Å². The Balaban J connectivity index is 1.73. The first-order chi connectivity index (χ1) is 12.2. The molecule has 0 unspecified atom stereocenters. The lowest BCUT2D eigenvalue weighted by atomic mass is 9.89. The lowest BCUT2D eigenvalue weighted by Crippen LogP contribution is -2.16. The Hall–Kier alpha value is -2.14. The number of hydrogen-bond acceptors (Lipinski definition) is 3. The number of carboxylic acid groups (broad SMARTS) is 1. The van der Waals surface area contributed by atoms with Crippen LogP contribution in [0, 0.1) is 5.92 Å². The topological polar surface area (TPSA) is 55.1 Å². The van der Waals surface area contributed by atoms with Crippen molar-refractivity contribution in [3.05, 3.63) is 52.0 Å². The molecule has 2 aromatic heterocycles. The van der Waals surface area contributed by atoms with Crippen LogP contribution in [-0.4, -0.2) is 20.6 Å². The molecule has 4 rings (SSSR count). The summed E-state index contributed by atoms with van der Waals surface area (Å²) in [6.45, 7) is 0.990. The summed E-state index contributed by atoms with van der Waals surface area (Å²) in [7, 11) is 0. The van der Waals surface area contributed by atoms with Crippen molar-refractivity contribution in [3.63, 3.8) is 0 Å². The fourth-order valence-corrected chi connectivity index (χ4v) is 4.55. The van der Waals surface area contributed by atoms with E-state index in [0.717, 1.165) is 29.8 Å². The number of carboxylic acids is 1. The highest BCUT2D eigenvalue weighted by Crippen LogP contribution is 2.29. The SMILES string of the molecule is O=C(O)c1ccc2c(c1)nc(Cc1cccs1)n2CC1CCCCC1. The van der Waals surface area contributed by atoms with E-state index in [1.807, 2.05) is 6.07 Å². The average molecular weight is 354 g/mol. The summed E-state index contributed by atoms with van der Waals surface area (Å²) < 4.78 is 2.33. The number of benzene rings is 1. The maximum atomic E-state index is 11.3. The molecule has 1 aliphatic rings. The Morgan fingerprint density at radius 2 is 2.08 bits per heavy atom. The number of carbonyl (C=O) groups is 1. The molecule has 130 valence electrons. The van der Waals surface area contributed by atoms with E-state index < -0.39 is 5.97 Å². The van der Waals surface area contributed by atoms with Crippen molar-refractivity contribution in [2.24, 2.45) is 5.92 Å². The number of fused-ring (bicyclic) bond motifs is 1. The van der Waals surface area contributed by atoms with Crippen molar-refractivity contribution in [2.75, 3.05) is 0 Å². The van der Waals surface area contributed by atoms with Crippen LogP contribution < -0.4 is 0 Å². The van der Waals surface area contributed by atoms with Gasteiger partial charge in [-0.1, -0.05) is 25.3 Å². The maximum absolute atomic E-state index is 11.3. The molecular formula is C20H22N2O2S. The molecule has 0 spiro atoms. The van der Waals surface area contributed by atoms with Gasteiger partial charge >= 0.3 is 5.97 Å². The largest absolute Gasteiger partial charge is 0.478 e. The smallest absolute Gasteiger partial charge is 0.335 e. The summed E-state index contributed by atoms with van der Waals surface area (Å²) in [5.74, 6) is 0.849. The number of aromatic carboxylic acids is 1. The molecule has 0 atom stereocenters. The summed E-state index contributed by atoms with van der Waals surface area (Å²) in [5, 5.41) is 11.3. The molecular weight excluding hydrogens is 332 g/mol. The molecule has 1 aliphatic carbocycles. The van der Waals surface area contributed by atoms with Crippen LogP contribution in [0.2, 0.25) is 0 Å². The van der Waals surface area contributed by atoms with Gasteiger partial charge in [0.1, 0.15) is 5.82 Å². The number of imidazole rings is 1. The zero-order valence-electron chi connectivity index (χ0n) is 14.1. The van der Waals surface area contributed by atoms with Gasteiger partial charge in [-0.05, 0) is 48.4 Å². The Labute approximate surface area is 151 Å². The van der Waals surface area contributed by atoms with Gasteiger partial charge < -0.3 is 9.67 Å². The minimum Gasteiger partial charge on any atom is -0.478 e. The molecule has 1 saturated carbocycles. The molecule has 0 saturated heterocycles. The van der Waals surface area contributed by atoms with Crippen molar-refractivity contribution < 1.29 is 9.90 Å². The first-order valence-corrected chi connectivity index (χ1v) is 9.83.